The summed E-state index contributed by atoms with van der Waals surface area (Å²) in [6.45, 7) is 1.26. The van der Waals surface area contributed by atoms with Crippen LogP contribution in [0.4, 0.5) is 65.9 Å². The van der Waals surface area contributed by atoms with Gasteiger partial charge in [0.15, 0.2) is 25.0 Å². The first-order valence-electron chi connectivity index (χ1n) is 19.9. The Morgan fingerprint density at radius 1 is 0.442 bits per heavy atom. The molecule has 454 valence electrons. The minimum atomic E-state index is -5.08. The molecule has 0 radical (unpaired) electrons. The van der Waals surface area contributed by atoms with E-state index in [1.165, 1.54) is 6.92 Å². The summed E-state index contributed by atoms with van der Waals surface area (Å²) in [6, 6.07) is -4.38. The Morgan fingerprint density at radius 2 is 0.753 bits per heavy atom. The van der Waals surface area contributed by atoms with E-state index >= 15 is 0 Å². The van der Waals surface area contributed by atoms with Crippen LogP contribution >= 0.6 is 0 Å². The van der Waals surface area contributed by atoms with Gasteiger partial charge in [-0.15, -0.1) is 0 Å². The van der Waals surface area contributed by atoms with Gasteiger partial charge in [-0.2, -0.15) is 65.9 Å². The summed E-state index contributed by atoms with van der Waals surface area (Å²) in [7, 11) is 0. The molecule has 4 rings (SSSR count). The van der Waals surface area contributed by atoms with E-state index in [0.29, 0.717) is 0 Å². The molecule has 3 saturated heterocycles. The summed E-state index contributed by atoms with van der Waals surface area (Å²) in [6.07, 6.45) is -47.0. The van der Waals surface area contributed by atoms with Crippen LogP contribution in [0.1, 0.15) is 13.3 Å². The number of hydrogen-bond acceptors (Lipinski definition) is 23. The van der Waals surface area contributed by atoms with Crippen LogP contribution in [0, 0.1) is 0 Å². The van der Waals surface area contributed by atoms with Gasteiger partial charge in [-0.05, 0) is 13.3 Å². The number of aliphatic hydroxyl groups is 6. The fourth-order valence-electron chi connectivity index (χ4n) is 5.61. The van der Waals surface area contributed by atoms with Gasteiger partial charge < -0.3 is 118 Å². The molecular weight excluding hydrogens is 1140 g/mol. The second-order valence-electron chi connectivity index (χ2n) is 15.2. The molecule has 77 heavy (non-hydrogen) atoms. The van der Waals surface area contributed by atoms with Crippen LogP contribution in [0.15, 0.2) is 0 Å². The maximum Gasteiger partial charge on any atom is 0.490 e. The van der Waals surface area contributed by atoms with Crippen molar-refractivity contribution < 1.29 is 184 Å². The molecule has 0 aromatic rings. The molecule has 0 spiro atoms. The number of alkyl halides is 15. The maximum absolute atomic E-state index is 12.0. The number of carboxylic acids is 6. The number of nitrogens with two attached hydrogens (primary N) is 5. The molecule has 0 aromatic heterocycles. The third-order valence-electron chi connectivity index (χ3n) is 9.46. The third kappa shape index (κ3) is 23.9. The molecule has 0 bridgehead atoms. The lowest BCUT2D eigenvalue weighted by atomic mass is 9.84. The lowest BCUT2D eigenvalue weighted by Gasteiger charge is -2.47. The van der Waals surface area contributed by atoms with Crippen LogP contribution < -0.4 is 28.7 Å². The van der Waals surface area contributed by atoms with Crippen molar-refractivity contribution in [2.75, 3.05) is 6.54 Å². The summed E-state index contributed by atoms with van der Waals surface area (Å²) in [5, 5.41) is 108. The lowest BCUT2D eigenvalue weighted by molar-refractivity contribution is -0.305. The molecule has 1 aliphatic carbocycles. The first-order chi connectivity index (χ1) is 34.4. The SMILES string of the molecule is C[C@H]1O[C@H](O[C@H]2[C@H](O[C@@H]3O[C@H](C(=O)O)[C@@H](O[C@H]4O[C@@H](CN)[C@@H](O)[C@H](O)[C@H]4N)[C@H]3O)[C@@H](O)[C@H](N)C[C@@H]2N)[C@H](N)[C@@H](O)[C@@H]1O.O=C(O)C(F)(F)F.O=C(O)C(F)(F)F.O=C(O)C(F)(F)F.O=C(O)C(F)(F)F.O=C(O)C(F)(F)F. The third-order valence-corrected chi connectivity index (χ3v) is 9.46. The van der Waals surface area contributed by atoms with E-state index in [4.69, 9.17) is 107 Å². The molecular formula is C33H48F15N5O24. The Kier molecular flexibility index (Phi) is 28.8. The standard InChI is InChI=1S/C23H43N5O14.5C2HF3O2/c1-4-10(29)13(32)8(27)21(37-4)39-16-6(26)2-5(25)11(30)17(16)41-23-15(34)18(19(42-23)20(35)36)40-22-9(28)14(33)12(31)7(3-24)38-22;5*3-2(4,5)1(6)7/h4-19,21-23,29-34H,2-3,24-28H2,1H3,(H,35,36);5*(H,6,7)/t4-,5-,6+,7+,8-,9-,10-,11+,12-,13-,14-,15-,16-,17-,18+,19+,21-,22-,23-;;;;;/m1...../s1. The number of aliphatic hydroxyl groups excluding tert-OH is 6. The molecule has 1 saturated carbocycles. The highest BCUT2D eigenvalue weighted by atomic mass is 19.4. The van der Waals surface area contributed by atoms with Crippen molar-refractivity contribution >= 4 is 35.8 Å². The molecule has 3 heterocycles. The normalized spacial score (nSPS) is 34.4. The molecule has 22 N–H and O–H groups in total. The van der Waals surface area contributed by atoms with Gasteiger partial charge in [0, 0.05) is 18.6 Å². The Bertz CT molecular complexity index is 1770. The van der Waals surface area contributed by atoms with Crippen molar-refractivity contribution in [1.29, 1.82) is 0 Å². The number of halogens is 15. The minimum Gasteiger partial charge on any atom is -0.479 e. The molecule has 0 aromatic carbocycles. The molecule has 29 nitrogen and oxygen atoms in total. The van der Waals surface area contributed by atoms with Crippen LogP contribution in [0.25, 0.3) is 0 Å². The van der Waals surface area contributed by atoms with Crippen molar-refractivity contribution in [3.05, 3.63) is 0 Å². The van der Waals surface area contributed by atoms with E-state index in [2.05, 4.69) is 0 Å². The topological polar surface area (TPSA) is 531 Å². The zero-order valence-corrected chi connectivity index (χ0v) is 37.7. The fourth-order valence-corrected chi connectivity index (χ4v) is 5.61. The molecule has 44 heteroatoms. The molecule has 0 amide bonds. The Hall–Kier alpha value is -4.91. The van der Waals surface area contributed by atoms with Crippen LogP contribution in [-0.4, -0.2) is 251 Å². The monoisotopic (exact) mass is 1180 g/mol. The fraction of sp³-hybridized carbons (Fsp3) is 0.818. The van der Waals surface area contributed by atoms with E-state index in [1.807, 2.05) is 0 Å². The second-order valence-corrected chi connectivity index (χ2v) is 15.2. The van der Waals surface area contributed by atoms with Crippen molar-refractivity contribution in [1.82, 2.24) is 0 Å². The summed E-state index contributed by atoms with van der Waals surface area (Å²) in [5.41, 5.74) is 29.8. The van der Waals surface area contributed by atoms with Gasteiger partial charge in [-0.1, -0.05) is 0 Å². The van der Waals surface area contributed by atoms with Gasteiger partial charge in [-0.3, -0.25) is 0 Å². The van der Waals surface area contributed by atoms with Gasteiger partial charge in [-0.25, -0.2) is 28.8 Å². The van der Waals surface area contributed by atoms with Crippen LogP contribution in [-0.2, 0) is 57.2 Å². The van der Waals surface area contributed by atoms with Gasteiger partial charge in [0.25, 0.3) is 0 Å². The first kappa shape index (κ1) is 74.2. The summed E-state index contributed by atoms with van der Waals surface area (Å²) in [4.78, 5) is 56.5. The quantitative estimate of drug-likeness (QED) is 0.102. The molecule has 4 fully saturated rings. The van der Waals surface area contributed by atoms with Gasteiger partial charge in [0.1, 0.15) is 54.9 Å². The number of hydrogen-bond donors (Lipinski definition) is 17. The molecule has 4 aliphatic rings. The lowest BCUT2D eigenvalue weighted by Crippen LogP contribution is -2.67. The summed E-state index contributed by atoms with van der Waals surface area (Å²) >= 11 is 0. The van der Waals surface area contributed by atoms with E-state index < -0.39 is 183 Å². The largest absolute Gasteiger partial charge is 0.490 e. The molecule has 19 atom stereocenters. The van der Waals surface area contributed by atoms with Crippen LogP contribution in [0.5, 0.6) is 0 Å². The number of ether oxygens (including phenoxy) is 6. The Morgan fingerprint density at radius 3 is 1.08 bits per heavy atom. The van der Waals surface area contributed by atoms with Gasteiger partial charge >= 0.3 is 66.7 Å². The number of carbonyl (C=O) groups is 6. The van der Waals surface area contributed by atoms with Crippen LogP contribution in [0.2, 0.25) is 0 Å². The summed E-state index contributed by atoms with van der Waals surface area (Å²) in [5.74, 6) is -15.3. The van der Waals surface area contributed by atoms with E-state index in [-0.39, 0.29) is 13.0 Å². The number of rotatable bonds is 8. The van der Waals surface area contributed by atoms with Crippen molar-refractivity contribution in [3.8, 4) is 0 Å². The summed E-state index contributed by atoms with van der Waals surface area (Å²) < 4.78 is 193. The van der Waals surface area contributed by atoms with Crippen LogP contribution in [0.3, 0.4) is 0 Å². The van der Waals surface area contributed by atoms with E-state index in [9.17, 15) is 106 Å². The minimum absolute atomic E-state index is 0.0549. The first-order valence-corrected chi connectivity index (χ1v) is 19.9. The van der Waals surface area contributed by atoms with Crippen molar-refractivity contribution in [3.63, 3.8) is 0 Å². The van der Waals surface area contributed by atoms with E-state index in [0.717, 1.165) is 0 Å². The predicted molar refractivity (Wildman–Crippen MR) is 204 cm³/mol. The average molecular weight is 1180 g/mol. The predicted octanol–water partition coefficient (Wildman–Crippen LogP) is -4.58. The number of aliphatic carboxylic acids is 6. The second kappa shape index (κ2) is 29.9. The highest BCUT2D eigenvalue weighted by molar-refractivity contribution is 5.75. The smallest absolute Gasteiger partial charge is 0.479 e. The number of carboxylic acid groups (broad SMARTS) is 6. The Labute approximate surface area is 416 Å². The molecule has 0 unspecified atom stereocenters. The maximum atomic E-state index is 12.0. The highest BCUT2D eigenvalue weighted by Crippen LogP contribution is 2.35. The zero-order valence-electron chi connectivity index (χ0n) is 37.7. The van der Waals surface area contributed by atoms with Gasteiger partial charge in [0.2, 0.25) is 0 Å². The van der Waals surface area contributed by atoms with E-state index in [1.54, 1.807) is 0 Å². The molecule has 3 aliphatic heterocycles. The van der Waals surface area contributed by atoms with Gasteiger partial charge in [0.05, 0.1) is 24.3 Å². The van der Waals surface area contributed by atoms with Crippen molar-refractivity contribution in [2.24, 2.45) is 28.7 Å². The highest BCUT2D eigenvalue weighted by Gasteiger charge is 2.56. The average Bonchev–Trinajstić information content (AvgIpc) is 3.58. The van der Waals surface area contributed by atoms with Crippen molar-refractivity contribution in [2.45, 2.75) is 161 Å². The zero-order chi connectivity index (χ0) is 61.6. The Balaban J connectivity index is 0.